The average molecular weight is 411 g/mol. The van der Waals surface area contributed by atoms with Crippen LogP contribution in [0.25, 0.3) is 0 Å². The molecule has 0 heterocycles. The molecule has 2 aromatic rings. The Hall–Kier alpha value is -2.42. The van der Waals surface area contributed by atoms with E-state index in [4.69, 9.17) is 16.3 Å². The van der Waals surface area contributed by atoms with Gasteiger partial charge in [0.2, 0.25) is 10.0 Å². The summed E-state index contributed by atoms with van der Waals surface area (Å²) in [4.78, 5) is 24.4. The summed E-state index contributed by atoms with van der Waals surface area (Å²) in [5.74, 6) is -1.43. The van der Waals surface area contributed by atoms with Gasteiger partial charge in [0.15, 0.2) is 6.10 Å². The number of anilines is 1. The lowest BCUT2D eigenvalue weighted by atomic mass is 10.2. The van der Waals surface area contributed by atoms with Crippen LogP contribution in [0.5, 0.6) is 0 Å². The number of hydrogen-bond acceptors (Lipinski definition) is 5. The molecular formula is C18H19ClN2O5S. The lowest BCUT2D eigenvalue weighted by Gasteiger charge is -2.14. The number of halogens is 1. The number of carbonyl (C=O) groups excluding carboxylic acids is 2. The first-order valence-electron chi connectivity index (χ1n) is 7.95. The summed E-state index contributed by atoms with van der Waals surface area (Å²) in [5.41, 5.74) is 1.45. The summed E-state index contributed by atoms with van der Waals surface area (Å²) in [7, 11) is -2.51. The summed E-state index contributed by atoms with van der Waals surface area (Å²) < 4.78 is 31.0. The Bertz CT molecular complexity index is 958. The van der Waals surface area contributed by atoms with Gasteiger partial charge in [-0.1, -0.05) is 29.3 Å². The van der Waals surface area contributed by atoms with Crippen molar-refractivity contribution in [2.24, 2.45) is 0 Å². The van der Waals surface area contributed by atoms with Crippen LogP contribution in [0.2, 0.25) is 5.02 Å². The van der Waals surface area contributed by atoms with Crippen LogP contribution >= 0.6 is 11.6 Å². The fourth-order valence-electron chi connectivity index (χ4n) is 2.10. The van der Waals surface area contributed by atoms with Crippen molar-refractivity contribution < 1.29 is 22.7 Å². The molecule has 27 heavy (non-hydrogen) atoms. The van der Waals surface area contributed by atoms with E-state index in [0.717, 1.165) is 11.6 Å². The Morgan fingerprint density at radius 2 is 1.74 bits per heavy atom. The Kier molecular flexibility index (Phi) is 6.59. The molecular weight excluding hydrogens is 392 g/mol. The molecule has 0 radical (unpaired) electrons. The molecule has 0 aromatic heterocycles. The van der Waals surface area contributed by atoms with Crippen LogP contribution in [0, 0.1) is 6.92 Å². The van der Waals surface area contributed by atoms with Gasteiger partial charge in [-0.3, -0.25) is 4.79 Å². The number of amides is 1. The molecule has 1 atom stereocenters. The highest BCUT2D eigenvalue weighted by molar-refractivity contribution is 7.89. The van der Waals surface area contributed by atoms with Gasteiger partial charge < -0.3 is 10.1 Å². The zero-order valence-corrected chi connectivity index (χ0v) is 16.5. The second-order valence-electron chi connectivity index (χ2n) is 5.75. The standard InChI is InChI=1S/C18H19ClN2O5S/c1-11-4-6-13(7-5-11)21-17(22)12(2)26-18(23)15-10-14(8-9-16(15)19)27(24,25)20-3/h4-10,12,20H,1-3H3,(H,21,22)/t12-/m0/s1. The lowest BCUT2D eigenvalue weighted by molar-refractivity contribution is -0.123. The minimum atomic E-state index is -3.76. The maximum atomic E-state index is 12.3. The number of benzene rings is 2. The molecule has 2 N–H and O–H groups in total. The van der Waals surface area contributed by atoms with E-state index in [2.05, 4.69) is 10.0 Å². The van der Waals surface area contributed by atoms with Gasteiger partial charge in [-0.05, 0) is 51.2 Å². The SMILES string of the molecule is CNS(=O)(=O)c1ccc(Cl)c(C(=O)O[C@@H](C)C(=O)Nc2ccc(C)cc2)c1. The number of sulfonamides is 1. The van der Waals surface area contributed by atoms with Gasteiger partial charge in [0.1, 0.15) is 0 Å². The largest absolute Gasteiger partial charge is 0.449 e. The lowest BCUT2D eigenvalue weighted by Crippen LogP contribution is -2.30. The topological polar surface area (TPSA) is 102 Å². The molecule has 0 fully saturated rings. The van der Waals surface area contributed by atoms with Crippen LogP contribution in [0.1, 0.15) is 22.8 Å². The Balaban J connectivity index is 2.12. The average Bonchev–Trinajstić information content (AvgIpc) is 2.63. The molecule has 0 spiro atoms. The van der Waals surface area contributed by atoms with Gasteiger partial charge in [0.05, 0.1) is 15.5 Å². The number of esters is 1. The Labute approximate surface area is 162 Å². The van der Waals surface area contributed by atoms with Crippen molar-refractivity contribution in [2.75, 3.05) is 12.4 Å². The van der Waals surface area contributed by atoms with Crippen molar-refractivity contribution in [2.45, 2.75) is 24.8 Å². The maximum absolute atomic E-state index is 12.3. The molecule has 2 aromatic carbocycles. The number of carbonyl (C=O) groups is 2. The van der Waals surface area contributed by atoms with E-state index in [9.17, 15) is 18.0 Å². The van der Waals surface area contributed by atoms with Crippen molar-refractivity contribution >= 4 is 39.2 Å². The van der Waals surface area contributed by atoms with E-state index < -0.39 is 28.0 Å². The molecule has 144 valence electrons. The van der Waals surface area contributed by atoms with Gasteiger partial charge in [-0.2, -0.15) is 0 Å². The normalized spacial score (nSPS) is 12.3. The Morgan fingerprint density at radius 3 is 2.33 bits per heavy atom. The number of rotatable bonds is 6. The molecule has 0 aliphatic carbocycles. The van der Waals surface area contributed by atoms with Crippen molar-refractivity contribution in [3.05, 3.63) is 58.6 Å². The van der Waals surface area contributed by atoms with Gasteiger partial charge in [0, 0.05) is 5.69 Å². The third kappa shape index (κ3) is 5.29. The molecule has 0 aliphatic rings. The smallest absolute Gasteiger partial charge is 0.340 e. The first kappa shape index (κ1) is 20.9. The van der Waals surface area contributed by atoms with Gasteiger partial charge in [-0.15, -0.1) is 0 Å². The summed E-state index contributed by atoms with van der Waals surface area (Å²) >= 11 is 5.98. The second-order valence-corrected chi connectivity index (χ2v) is 8.05. The van der Waals surface area contributed by atoms with Gasteiger partial charge in [0.25, 0.3) is 5.91 Å². The molecule has 0 bridgehead atoms. The molecule has 9 heteroatoms. The number of aryl methyl sites for hydroxylation is 1. The zero-order valence-electron chi connectivity index (χ0n) is 14.9. The third-order valence-corrected chi connectivity index (χ3v) is 5.45. The molecule has 7 nitrogen and oxygen atoms in total. The second kappa shape index (κ2) is 8.51. The van der Waals surface area contributed by atoms with Crippen molar-refractivity contribution in [3.8, 4) is 0 Å². The highest BCUT2D eigenvalue weighted by Crippen LogP contribution is 2.22. The number of hydrogen-bond donors (Lipinski definition) is 2. The predicted octanol–water partition coefficient (Wildman–Crippen LogP) is 2.74. The minimum absolute atomic E-state index is 0.0150. The van der Waals surface area contributed by atoms with E-state index in [1.54, 1.807) is 12.1 Å². The van der Waals surface area contributed by atoms with Crippen LogP contribution in [-0.4, -0.2) is 33.4 Å². The molecule has 0 aliphatic heterocycles. The highest BCUT2D eigenvalue weighted by atomic mass is 35.5. The first-order chi connectivity index (χ1) is 12.6. The van der Waals surface area contributed by atoms with E-state index in [0.29, 0.717) is 5.69 Å². The van der Waals surface area contributed by atoms with Gasteiger partial charge >= 0.3 is 5.97 Å². The number of ether oxygens (including phenoxy) is 1. The molecule has 0 unspecified atom stereocenters. The predicted molar refractivity (Wildman–Crippen MR) is 102 cm³/mol. The molecule has 0 saturated heterocycles. The van der Waals surface area contributed by atoms with Crippen LogP contribution in [-0.2, 0) is 19.6 Å². The van der Waals surface area contributed by atoms with Crippen LogP contribution < -0.4 is 10.0 Å². The zero-order chi connectivity index (χ0) is 20.2. The maximum Gasteiger partial charge on any atom is 0.340 e. The number of nitrogens with one attached hydrogen (secondary N) is 2. The summed E-state index contributed by atoms with van der Waals surface area (Å²) in [6, 6.07) is 10.8. The summed E-state index contributed by atoms with van der Waals surface area (Å²) in [5, 5.41) is 2.65. The van der Waals surface area contributed by atoms with Gasteiger partial charge in [-0.25, -0.2) is 17.9 Å². The minimum Gasteiger partial charge on any atom is -0.449 e. The monoisotopic (exact) mass is 410 g/mol. The van der Waals surface area contributed by atoms with Crippen LogP contribution in [0.4, 0.5) is 5.69 Å². The quantitative estimate of drug-likeness (QED) is 0.713. The molecule has 0 saturated carbocycles. The summed E-state index contributed by atoms with van der Waals surface area (Å²) in [6.45, 7) is 3.33. The van der Waals surface area contributed by atoms with Crippen molar-refractivity contribution in [3.63, 3.8) is 0 Å². The van der Waals surface area contributed by atoms with Crippen molar-refractivity contribution in [1.82, 2.24) is 4.72 Å². The van der Waals surface area contributed by atoms with E-state index >= 15 is 0 Å². The van der Waals surface area contributed by atoms with Crippen LogP contribution in [0.15, 0.2) is 47.4 Å². The molecule has 1 amide bonds. The van der Waals surface area contributed by atoms with Crippen molar-refractivity contribution in [1.29, 1.82) is 0 Å². The van der Waals surface area contributed by atoms with E-state index in [1.807, 2.05) is 19.1 Å². The summed E-state index contributed by atoms with van der Waals surface area (Å²) in [6.07, 6.45) is -1.11. The Morgan fingerprint density at radius 1 is 1.11 bits per heavy atom. The van der Waals surface area contributed by atoms with E-state index in [1.165, 1.54) is 26.1 Å². The fourth-order valence-corrected chi connectivity index (χ4v) is 3.05. The van der Waals surface area contributed by atoms with Crippen LogP contribution in [0.3, 0.4) is 0 Å². The first-order valence-corrected chi connectivity index (χ1v) is 9.82. The third-order valence-electron chi connectivity index (χ3n) is 3.71. The molecule has 2 rings (SSSR count). The fraction of sp³-hybridized carbons (Fsp3) is 0.222. The van der Waals surface area contributed by atoms with E-state index in [-0.39, 0.29) is 15.5 Å². The highest BCUT2D eigenvalue weighted by Gasteiger charge is 2.23.